The van der Waals surface area contributed by atoms with Crippen molar-refractivity contribution < 1.29 is 4.79 Å². The van der Waals surface area contributed by atoms with Crippen LogP contribution in [-0.2, 0) is 0 Å². The lowest BCUT2D eigenvalue weighted by atomic mass is 10.1. The summed E-state index contributed by atoms with van der Waals surface area (Å²) in [6.45, 7) is 2.23. The van der Waals surface area contributed by atoms with E-state index in [0.29, 0.717) is 0 Å². The maximum absolute atomic E-state index is 12.0. The van der Waals surface area contributed by atoms with Gasteiger partial charge in [-0.05, 0) is 48.9 Å². The second kappa shape index (κ2) is 6.09. The van der Waals surface area contributed by atoms with Gasteiger partial charge >= 0.3 is 0 Å². The Balaban J connectivity index is 1.72. The van der Waals surface area contributed by atoms with Crippen molar-refractivity contribution in [2.45, 2.75) is 19.3 Å². The molecule has 104 valence electrons. The lowest BCUT2D eigenvalue weighted by molar-refractivity contribution is 0.103. The van der Waals surface area contributed by atoms with Crippen LogP contribution in [0.2, 0.25) is 0 Å². The number of benzene rings is 1. The Kier molecular flexibility index (Phi) is 4.02. The topological polar surface area (TPSA) is 32.3 Å². The van der Waals surface area contributed by atoms with Crippen LogP contribution in [0.5, 0.6) is 0 Å². The minimum absolute atomic E-state index is 0.0317. The van der Waals surface area contributed by atoms with Crippen LogP contribution in [0.15, 0.2) is 41.8 Å². The van der Waals surface area contributed by atoms with Crippen LogP contribution in [0.4, 0.5) is 11.4 Å². The van der Waals surface area contributed by atoms with Gasteiger partial charge in [-0.15, -0.1) is 11.3 Å². The van der Waals surface area contributed by atoms with Crippen LogP contribution in [0.1, 0.15) is 28.9 Å². The molecule has 0 aliphatic carbocycles. The molecule has 0 bridgehead atoms. The van der Waals surface area contributed by atoms with Crippen molar-refractivity contribution in [1.29, 1.82) is 0 Å². The highest BCUT2D eigenvalue weighted by molar-refractivity contribution is 7.12. The maximum atomic E-state index is 12.0. The highest BCUT2D eigenvalue weighted by Gasteiger charge is 2.12. The van der Waals surface area contributed by atoms with Gasteiger partial charge in [0.2, 0.25) is 0 Å². The SMILES string of the molecule is O=C(Nc1cccc(N2CCCCC2)c1)c1cccs1. The number of carbonyl (C=O) groups excluding carboxylic acids is 1. The van der Waals surface area contributed by atoms with Crippen molar-refractivity contribution >= 4 is 28.6 Å². The molecule has 0 unspecified atom stereocenters. The summed E-state index contributed by atoms with van der Waals surface area (Å²) in [7, 11) is 0. The Hall–Kier alpha value is -1.81. The number of hydrogen-bond donors (Lipinski definition) is 1. The molecule has 0 saturated carbocycles. The Morgan fingerprint density at radius 3 is 2.70 bits per heavy atom. The molecule has 1 N–H and O–H groups in total. The van der Waals surface area contributed by atoms with Crippen molar-refractivity contribution in [2.24, 2.45) is 0 Å². The Bertz CT molecular complexity index is 574. The minimum Gasteiger partial charge on any atom is -0.371 e. The fourth-order valence-electron chi connectivity index (χ4n) is 2.53. The van der Waals surface area contributed by atoms with E-state index in [9.17, 15) is 4.79 Å². The van der Waals surface area contributed by atoms with Crippen LogP contribution in [0.25, 0.3) is 0 Å². The summed E-state index contributed by atoms with van der Waals surface area (Å²) < 4.78 is 0. The average Bonchev–Trinajstić information content (AvgIpc) is 3.03. The molecule has 1 saturated heterocycles. The number of piperidine rings is 1. The summed E-state index contributed by atoms with van der Waals surface area (Å²) in [5.74, 6) is -0.0317. The molecule has 0 atom stereocenters. The molecule has 0 radical (unpaired) electrons. The van der Waals surface area contributed by atoms with Crippen molar-refractivity contribution in [3.63, 3.8) is 0 Å². The van der Waals surface area contributed by atoms with Gasteiger partial charge in [0.25, 0.3) is 5.91 Å². The lowest BCUT2D eigenvalue weighted by Crippen LogP contribution is -2.29. The zero-order valence-corrected chi connectivity index (χ0v) is 12.2. The van der Waals surface area contributed by atoms with Gasteiger partial charge in [0.15, 0.2) is 0 Å². The van der Waals surface area contributed by atoms with E-state index in [-0.39, 0.29) is 5.91 Å². The van der Waals surface area contributed by atoms with Crippen LogP contribution in [-0.4, -0.2) is 19.0 Å². The number of hydrogen-bond acceptors (Lipinski definition) is 3. The predicted molar refractivity (Wildman–Crippen MR) is 84.8 cm³/mol. The van der Waals surface area contributed by atoms with Gasteiger partial charge < -0.3 is 10.2 Å². The fourth-order valence-corrected chi connectivity index (χ4v) is 3.15. The maximum Gasteiger partial charge on any atom is 0.265 e. The molecule has 20 heavy (non-hydrogen) atoms. The first-order valence-corrected chi connectivity index (χ1v) is 7.91. The van der Waals surface area contributed by atoms with E-state index in [0.717, 1.165) is 23.7 Å². The Morgan fingerprint density at radius 2 is 1.95 bits per heavy atom. The molecule has 1 aromatic heterocycles. The van der Waals surface area contributed by atoms with E-state index in [1.807, 2.05) is 29.6 Å². The van der Waals surface area contributed by atoms with Crippen LogP contribution >= 0.6 is 11.3 Å². The summed E-state index contributed by atoms with van der Waals surface area (Å²) >= 11 is 1.46. The Morgan fingerprint density at radius 1 is 1.10 bits per heavy atom. The van der Waals surface area contributed by atoms with E-state index < -0.39 is 0 Å². The number of nitrogens with one attached hydrogen (secondary N) is 1. The molecule has 0 spiro atoms. The number of amides is 1. The lowest BCUT2D eigenvalue weighted by Gasteiger charge is -2.29. The largest absolute Gasteiger partial charge is 0.371 e. The first kappa shape index (κ1) is 13.2. The van der Waals surface area contributed by atoms with E-state index in [2.05, 4.69) is 22.3 Å². The van der Waals surface area contributed by atoms with Gasteiger partial charge in [0, 0.05) is 24.5 Å². The first-order chi connectivity index (χ1) is 9.83. The summed E-state index contributed by atoms with van der Waals surface area (Å²) in [4.78, 5) is 15.2. The first-order valence-electron chi connectivity index (χ1n) is 7.03. The minimum atomic E-state index is -0.0317. The highest BCUT2D eigenvalue weighted by Crippen LogP contribution is 2.23. The Labute approximate surface area is 123 Å². The van der Waals surface area contributed by atoms with Crippen LogP contribution in [0, 0.1) is 0 Å². The third-order valence-corrected chi connectivity index (χ3v) is 4.44. The zero-order chi connectivity index (χ0) is 13.8. The van der Waals surface area contributed by atoms with E-state index in [1.54, 1.807) is 0 Å². The summed E-state index contributed by atoms with van der Waals surface area (Å²) in [6.07, 6.45) is 3.84. The number of carbonyl (C=O) groups is 1. The number of thiophene rings is 1. The van der Waals surface area contributed by atoms with Crippen LogP contribution < -0.4 is 10.2 Å². The van der Waals surface area contributed by atoms with Crippen LogP contribution in [0.3, 0.4) is 0 Å². The molecule has 1 amide bonds. The number of anilines is 2. The molecule has 1 aliphatic rings. The average molecular weight is 286 g/mol. The number of rotatable bonds is 3. The second-order valence-corrected chi connectivity index (χ2v) is 5.98. The second-order valence-electron chi connectivity index (χ2n) is 5.03. The molecular formula is C16H18N2OS. The molecular weight excluding hydrogens is 268 g/mol. The van der Waals surface area contributed by atoms with E-state index in [1.165, 1.54) is 36.3 Å². The highest BCUT2D eigenvalue weighted by atomic mass is 32.1. The fraction of sp³-hybridized carbons (Fsp3) is 0.312. The molecule has 2 aromatic rings. The predicted octanol–water partition coefficient (Wildman–Crippen LogP) is 3.99. The van der Waals surface area contributed by atoms with Gasteiger partial charge in [0.1, 0.15) is 0 Å². The summed E-state index contributed by atoms with van der Waals surface area (Å²) in [5.41, 5.74) is 2.07. The van der Waals surface area contributed by atoms with E-state index in [4.69, 9.17) is 0 Å². The normalized spacial score (nSPS) is 15.1. The molecule has 3 nitrogen and oxygen atoms in total. The van der Waals surface area contributed by atoms with Gasteiger partial charge in [-0.25, -0.2) is 0 Å². The number of nitrogens with zero attached hydrogens (tertiary/aromatic N) is 1. The smallest absolute Gasteiger partial charge is 0.265 e. The molecule has 1 aromatic carbocycles. The molecule has 1 aliphatic heterocycles. The van der Waals surface area contributed by atoms with Gasteiger partial charge in [-0.2, -0.15) is 0 Å². The molecule has 1 fully saturated rings. The molecule has 2 heterocycles. The van der Waals surface area contributed by atoms with Gasteiger partial charge in [-0.3, -0.25) is 4.79 Å². The summed E-state index contributed by atoms with van der Waals surface area (Å²) in [5, 5.41) is 4.88. The van der Waals surface area contributed by atoms with E-state index >= 15 is 0 Å². The van der Waals surface area contributed by atoms with Crippen molar-refractivity contribution in [3.05, 3.63) is 46.7 Å². The molecule has 3 rings (SSSR count). The zero-order valence-electron chi connectivity index (χ0n) is 11.3. The quantitative estimate of drug-likeness (QED) is 0.925. The monoisotopic (exact) mass is 286 g/mol. The van der Waals surface area contributed by atoms with Crippen molar-refractivity contribution in [1.82, 2.24) is 0 Å². The van der Waals surface area contributed by atoms with Crippen molar-refractivity contribution in [3.8, 4) is 0 Å². The summed E-state index contributed by atoms with van der Waals surface area (Å²) in [6, 6.07) is 11.9. The third kappa shape index (κ3) is 3.02. The molecule has 4 heteroatoms. The third-order valence-electron chi connectivity index (χ3n) is 3.57. The van der Waals surface area contributed by atoms with Gasteiger partial charge in [-0.1, -0.05) is 12.1 Å². The standard InChI is InChI=1S/C16H18N2OS/c19-16(15-8-5-11-20-15)17-13-6-4-7-14(12-13)18-9-2-1-3-10-18/h4-8,11-12H,1-3,9-10H2,(H,17,19). The van der Waals surface area contributed by atoms with Crippen molar-refractivity contribution in [2.75, 3.05) is 23.3 Å². The van der Waals surface area contributed by atoms with Gasteiger partial charge in [0.05, 0.1) is 4.88 Å².